The van der Waals surface area contributed by atoms with Crippen LogP contribution in [0.5, 0.6) is 5.75 Å². The summed E-state index contributed by atoms with van der Waals surface area (Å²) in [6, 6.07) is 13.7. The van der Waals surface area contributed by atoms with E-state index in [2.05, 4.69) is 0 Å². The van der Waals surface area contributed by atoms with Gasteiger partial charge in [-0.15, -0.1) is 0 Å². The van der Waals surface area contributed by atoms with Crippen LogP contribution in [-0.2, 0) is 15.8 Å². The fourth-order valence-electron chi connectivity index (χ4n) is 4.03. The number of alkyl halides is 3. The third-order valence-electron chi connectivity index (χ3n) is 5.68. The Morgan fingerprint density at radius 2 is 1.72 bits per heavy atom. The molecule has 1 heterocycles. The quantitative estimate of drug-likeness (QED) is 0.188. The number of hydrogen-bond acceptors (Lipinski definition) is 4. The summed E-state index contributed by atoms with van der Waals surface area (Å²) in [6.45, 7) is 2.31. The van der Waals surface area contributed by atoms with Gasteiger partial charge in [0.25, 0.3) is 11.7 Å². The number of nitrogens with zero attached hydrogens (tertiary/aromatic N) is 1. The third-order valence-corrected chi connectivity index (χ3v) is 5.68. The van der Waals surface area contributed by atoms with Crippen LogP contribution in [0.1, 0.15) is 36.1 Å². The number of anilines is 1. The molecular weight excluding hydrogens is 478 g/mol. The number of halogens is 4. The molecule has 0 saturated carbocycles. The van der Waals surface area contributed by atoms with Gasteiger partial charge in [-0.3, -0.25) is 14.5 Å². The van der Waals surface area contributed by atoms with E-state index in [0.717, 1.165) is 29.5 Å². The SMILES string of the molecule is CCCOc1cccc(/C(O)=C2\C(=O)C(=O)N(c3cccc(C(F)(F)F)c3)C2c2ccccc2F)c1. The number of aliphatic hydroxyl groups is 1. The Morgan fingerprint density at radius 1 is 1.00 bits per heavy atom. The molecule has 1 N–H and O–H groups in total. The minimum absolute atomic E-state index is 0.131. The molecule has 9 heteroatoms. The van der Waals surface area contributed by atoms with Crippen LogP contribution < -0.4 is 9.64 Å². The number of hydrogen-bond donors (Lipinski definition) is 1. The maximum atomic E-state index is 14.9. The van der Waals surface area contributed by atoms with Crippen molar-refractivity contribution in [3.05, 3.63) is 101 Å². The fraction of sp³-hybridized carbons (Fsp3) is 0.185. The average molecular weight is 499 g/mol. The van der Waals surface area contributed by atoms with Gasteiger partial charge < -0.3 is 9.84 Å². The molecule has 1 atom stereocenters. The number of amides is 1. The van der Waals surface area contributed by atoms with Gasteiger partial charge in [0.1, 0.15) is 17.3 Å². The summed E-state index contributed by atoms with van der Waals surface area (Å²) in [7, 11) is 0. The largest absolute Gasteiger partial charge is 0.507 e. The lowest BCUT2D eigenvalue weighted by Gasteiger charge is -2.26. The molecule has 0 aliphatic carbocycles. The number of ether oxygens (including phenoxy) is 1. The molecule has 0 radical (unpaired) electrons. The highest BCUT2D eigenvalue weighted by molar-refractivity contribution is 6.51. The first-order valence-corrected chi connectivity index (χ1v) is 11.1. The Morgan fingerprint density at radius 3 is 2.42 bits per heavy atom. The van der Waals surface area contributed by atoms with Crippen molar-refractivity contribution in [3.63, 3.8) is 0 Å². The van der Waals surface area contributed by atoms with Crippen molar-refractivity contribution in [2.45, 2.75) is 25.6 Å². The molecule has 3 aromatic rings. The monoisotopic (exact) mass is 499 g/mol. The van der Waals surface area contributed by atoms with Crippen molar-refractivity contribution in [1.82, 2.24) is 0 Å². The predicted molar refractivity (Wildman–Crippen MR) is 125 cm³/mol. The molecule has 5 nitrogen and oxygen atoms in total. The minimum atomic E-state index is -4.71. The van der Waals surface area contributed by atoms with E-state index in [0.29, 0.717) is 18.4 Å². The summed E-state index contributed by atoms with van der Waals surface area (Å²) < 4.78 is 60.6. The molecule has 1 fully saturated rings. The second-order valence-electron chi connectivity index (χ2n) is 8.11. The van der Waals surface area contributed by atoms with E-state index >= 15 is 0 Å². The van der Waals surface area contributed by atoms with Crippen molar-refractivity contribution in [2.24, 2.45) is 0 Å². The zero-order chi connectivity index (χ0) is 26.0. The van der Waals surface area contributed by atoms with E-state index in [-0.39, 0.29) is 16.8 Å². The van der Waals surface area contributed by atoms with Crippen LogP contribution in [0.4, 0.5) is 23.2 Å². The van der Waals surface area contributed by atoms with E-state index in [1.807, 2.05) is 6.92 Å². The minimum Gasteiger partial charge on any atom is -0.507 e. The molecule has 36 heavy (non-hydrogen) atoms. The molecular formula is C27H21F4NO4. The summed E-state index contributed by atoms with van der Waals surface area (Å²) in [4.78, 5) is 27.0. The molecule has 1 aliphatic heterocycles. The summed E-state index contributed by atoms with van der Waals surface area (Å²) >= 11 is 0. The standard InChI is InChI=1S/C27H21F4NO4/c1-2-13-36-19-10-5-7-16(14-19)24(33)22-23(20-11-3-4-12-21(20)28)32(26(35)25(22)34)18-9-6-8-17(15-18)27(29,30)31/h3-12,14-15,23,33H,2,13H2,1H3/b24-22+. The van der Waals surface area contributed by atoms with Gasteiger partial charge in [0.05, 0.1) is 23.8 Å². The Labute approximate surface area is 204 Å². The first kappa shape index (κ1) is 25.0. The summed E-state index contributed by atoms with van der Waals surface area (Å²) in [6.07, 6.45) is -3.98. The van der Waals surface area contributed by atoms with Crippen molar-refractivity contribution in [1.29, 1.82) is 0 Å². The van der Waals surface area contributed by atoms with Crippen LogP contribution in [0.15, 0.2) is 78.4 Å². The van der Waals surface area contributed by atoms with Gasteiger partial charge in [0.2, 0.25) is 0 Å². The van der Waals surface area contributed by atoms with E-state index in [4.69, 9.17) is 4.74 Å². The summed E-state index contributed by atoms with van der Waals surface area (Å²) in [5.74, 6) is -3.35. The Bertz CT molecular complexity index is 1350. The van der Waals surface area contributed by atoms with Gasteiger partial charge in [-0.05, 0) is 42.8 Å². The lowest BCUT2D eigenvalue weighted by Crippen LogP contribution is -2.30. The normalized spacial score (nSPS) is 17.5. The van der Waals surface area contributed by atoms with Crippen LogP contribution in [-0.4, -0.2) is 23.4 Å². The van der Waals surface area contributed by atoms with Gasteiger partial charge >= 0.3 is 6.18 Å². The van der Waals surface area contributed by atoms with Crippen molar-refractivity contribution in [2.75, 3.05) is 11.5 Å². The number of Topliss-reactive ketones (excluding diaryl/α,β-unsaturated/α-hetero) is 1. The van der Waals surface area contributed by atoms with Crippen LogP contribution >= 0.6 is 0 Å². The van der Waals surface area contributed by atoms with Crippen LogP contribution in [0.2, 0.25) is 0 Å². The first-order chi connectivity index (χ1) is 17.1. The lowest BCUT2D eigenvalue weighted by molar-refractivity contribution is -0.137. The smallest absolute Gasteiger partial charge is 0.416 e. The third kappa shape index (κ3) is 4.68. The maximum Gasteiger partial charge on any atom is 0.416 e. The van der Waals surface area contributed by atoms with E-state index in [1.165, 1.54) is 36.4 Å². The zero-order valence-corrected chi connectivity index (χ0v) is 19.1. The van der Waals surface area contributed by atoms with Gasteiger partial charge in [-0.2, -0.15) is 13.2 Å². The molecule has 3 aromatic carbocycles. The van der Waals surface area contributed by atoms with E-state index in [1.54, 1.807) is 12.1 Å². The van der Waals surface area contributed by atoms with Crippen LogP contribution in [0.25, 0.3) is 5.76 Å². The number of benzene rings is 3. The average Bonchev–Trinajstić information content (AvgIpc) is 3.12. The molecule has 0 bridgehead atoms. The second-order valence-corrected chi connectivity index (χ2v) is 8.11. The van der Waals surface area contributed by atoms with E-state index < -0.39 is 46.6 Å². The molecule has 1 aliphatic rings. The molecule has 1 amide bonds. The molecule has 1 saturated heterocycles. The van der Waals surface area contributed by atoms with Crippen molar-refractivity contribution in [3.8, 4) is 5.75 Å². The van der Waals surface area contributed by atoms with Crippen LogP contribution in [0, 0.1) is 5.82 Å². The predicted octanol–water partition coefficient (Wildman–Crippen LogP) is 6.26. The summed E-state index contributed by atoms with van der Waals surface area (Å²) in [5.41, 5.74) is -1.79. The molecule has 0 spiro atoms. The second kappa shape index (κ2) is 9.85. The number of rotatable bonds is 6. The van der Waals surface area contributed by atoms with Gasteiger partial charge in [-0.1, -0.05) is 43.3 Å². The molecule has 0 aromatic heterocycles. The van der Waals surface area contributed by atoms with E-state index in [9.17, 15) is 32.3 Å². The Kier molecular flexibility index (Phi) is 6.83. The number of carbonyl (C=O) groups excluding carboxylic acids is 2. The van der Waals surface area contributed by atoms with Crippen molar-refractivity contribution < 1.29 is 37.0 Å². The highest BCUT2D eigenvalue weighted by Gasteiger charge is 2.48. The highest BCUT2D eigenvalue weighted by atomic mass is 19.4. The molecule has 4 rings (SSSR count). The maximum absolute atomic E-state index is 14.9. The Hall–Kier alpha value is -4.14. The number of ketones is 1. The zero-order valence-electron chi connectivity index (χ0n) is 19.1. The number of carbonyl (C=O) groups is 2. The molecule has 186 valence electrons. The summed E-state index contributed by atoms with van der Waals surface area (Å²) in [5, 5.41) is 11.2. The lowest BCUT2D eigenvalue weighted by atomic mass is 9.94. The fourth-order valence-corrected chi connectivity index (χ4v) is 4.03. The Balaban J connectivity index is 1.92. The first-order valence-electron chi connectivity index (χ1n) is 11.1. The van der Waals surface area contributed by atoms with Crippen molar-refractivity contribution >= 4 is 23.1 Å². The topological polar surface area (TPSA) is 66.8 Å². The van der Waals surface area contributed by atoms with Gasteiger partial charge in [-0.25, -0.2) is 4.39 Å². The van der Waals surface area contributed by atoms with Gasteiger partial charge in [0.15, 0.2) is 0 Å². The number of aliphatic hydroxyl groups excluding tert-OH is 1. The van der Waals surface area contributed by atoms with Gasteiger partial charge in [0, 0.05) is 16.8 Å². The molecule has 1 unspecified atom stereocenters. The highest BCUT2D eigenvalue weighted by Crippen LogP contribution is 2.44. The van der Waals surface area contributed by atoms with Crippen LogP contribution in [0.3, 0.4) is 0 Å².